The van der Waals surface area contributed by atoms with Crippen LogP contribution in [0.3, 0.4) is 0 Å². The SMILES string of the molecule is CC#Cc1cc(N)ccc1F.Nc1ccc(F)c(Br)c1. The zero-order chi connectivity index (χ0) is 15.1. The van der Waals surface area contributed by atoms with Gasteiger partial charge >= 0.3 is 0 Å². The van der Waals surface area contributed by atoms with Crippen LogP contribution in [0.4, 0.5) is 20.2 Å². The average Bonchev–Trinajstić information content (AvgIpc) is 2.40. The molecule has 0 bridgehead atoms. The quantitative estimate of drug-likeness (QED) is 0.564. The third-order valence-corrected chi connectivity index (χ3v) is 2.80. The van der Waals surface area contributed by atoms with Gasteiger partial charge in [0.25, 0.3) is 0 Å². The lowest BCUT2D eigenvalue weighted by molar-refractivity contribution is 0.621. The minimum absolute atomic E-state index is 0.288. The summed E-state index contributed by atoms with van der Waals surface area (Å²) >= 11 is 2.99. The van der Waals surface area contributed by atoms with Gasteiger partial charge in [0.1, 0.15) is 11.6 Å². The molecule has 0 radical (unpaired) electrons. The molecule has 5 heteroatoms. The van der Waals surface area contributed by atoms with Crippen LogP contribution in [-0.2, 0) is 0 Å². The van der Waals surface area contributed by atoms with Gasteiger partial charge in [0.05, 0.1) is 10.0 Å². The van der Waals surface area contributed by atoms with Crippen molar-refractivity contribution in [1.29, 1.82) is 0 Å². The number of halogens is 3. The Hall–Kier alpha value is -2.06. The van der Waals surface area contributed by atoms with Gasteiger partial charge in [-0.3, -0.25) is 0 Å². The molecule has 0 aromatic heterocycles. The van der Waals surface area contributed by atoms with Crippen molar-refractivity contribution < 1.29 is 8.78 Å². The van der Waals surface area contributed by atoms with Gasteiger partial charge in [0, 0.05) is 11.4 Å². The highest BCUT2D eigenvalue weighted by atomic mass is 79.9. The van der Waals surface area contributed by atoms with Crippen LogP contribution in [0, 0.1) is 23.5 Å². The van der Waals surface area contributed by atoms with Crippen LogP contribution in [0.25, 0.3) is 0 Å². The predicted octanol–water partition coefficient (Wildman–Crippen LogP) is 3.95. The molecule has 0 saturated carbocycles. The molecule has 4 N–H and O–H groups in total. The summed E-state index contributed by atoms with van der Waals surface area (Å²) in [5.41, 5.74) is 12.2. The first-order chi connectivity index (χ1) is 9.43. The molecule has 0 heterocycles. The lowest BCUT2D eigenvalue weighted by Gasteiger charge is -1.95. The summed E-state index contributed by atoms with van der Waals surface area (Å²) in [6.07, 6.45) is 0. The fourth-order valence-electron chi connectivity index (χ4n) is 1.29. The largest absolute Gasteiger partial charge is 0.399 e. The Morgan fingerprint density at radius 3 is 2.00 bits per heavy atom. The van der Waals surface area contributed by atoms with E-state index < -0.39 is 0 Å². The standard InChI is InChI=1S/C9H8FN.C6H5BrFN/c1-2-3-7-6-8(11)4-5-9(7)10;7-5-3-4(9)1-2-6(5)8/h4-6H,11H2,1H3;1-3H,9H2. The Morgan fingerprint density at radius 1 is 0.950 bits per heavy atom. The monoisotopic (exact) mass is 338 g/mol. The van der Waals surface area contributed by atoms with Crippen molar-refractivity contribution in [1.82, 2.24) is 0 Å². The first kappa shape index (κ1) is 16.0. The van der Waals surface area contributed by atoms with Crippen LogP contribution < -0.4 is 11.5 Å². The number of nitrogen functional groups attached to an aromatic ring is 2. The molecule has 0 amide bonds. The molecule has 2 aromatic carbocycles. The first-order valence-electron chi connectivity index (χ1n) is 5.62. The maximum atomic E-state index is 12.8. The summed E-state index contributed by atoms with van der Waals surface area (Å²) in [4.78, 5) is 0. The Balaban J connectivity index is 0.000000204. The summed E-state index contributed by atoms with van der Waals surface area (Å²) in [6, 6.07) is 8.70. The van der Waals surface area contributed by atoms with Crippen LogP contribution >= 0.6 is 15.9 Å². The molecule has 0 spiro atoms. The highest BCUT2D eigenvalue weighted by Gasteiger charge is 1.97. The molecule has 2 rings (SSSR count). The smallest absolute Gasteiger partial charge is 0.138 e. The Kier molecular flexibility index (Phi) is 6.01. The summed E-state index contributed by atoms with van der Waals surface area (Å²) in [6.45, 7) is 1.66. The number of hydrogen-bond acceptors (Lipinski definition) is 2. The molecule has 0 saturated heterocycles. The van der Waals surface area contributed by atoms with Crippen LogP contribution in [0.5, 0.6) is 0 Å². The van der Waals surface area contributed by atoms with E-state index in [0.29, 0.717) is 21.4 Å². The Bertz CT molecular complexity index is 661. The lowest BCUT2D eigenvalue weighted by atomic mass is 10.2. The molecular formula is C15H13BrF2N2. The third-order valence-electron chi connectivity index (χ3n) is 2.19. The van der Waals surface area contributed by atoms with E-state index in [1.807, 2.05) is 0 Å². The first-order valence-corrected chi connectivity index (χ1v) is 6.41. The second kappa shape index (κ2) is 7.51. The van der Waals surface area contributed by atoms with Gasteiger partial charge in [-0.2, -0.15) is 0 Å². The molecule has 20 heavy (non-hydrogen) atoms. The van der Waals surface area contributed by atoms with Crippen LogP contribution in [0.15, 0.2) is 40.9 Å². The van der Waals surface area contributed by atoms with Crippen molar-refractivity contribution in [3.05, 3.63) is 58.1 Å². The van der Waals surface area contributed by atoms with Crippen molar-refractivity contribution in [3.63, 3.8) is 0 Å². The van der Waals surface area contributed by atoms with Gasteiger partial charge in [-0.15, -0.1) is 5.92 Å². The molecule has 104 valence electrons. The maximum Gasteiger partial charge on any atom is 0.138 e. The highest BCUT2D eigenvalue weighted by molar-refractivity contribution is 9.10. The molecule has 0 unspecified atom stereocenters. The van der Waals surface area contributed by atoms with Crippen molar-refractivity contribution in [3.8, 4) is 11.8 Å². The van der Waals surface area contributed by atoms with E-state index in [0.717, 1.165) is 0 Å². The summed E-state index contributed by atoms with van der Waals surface area (Å²) in [5, 5.41) is 0. The van der Waals surface area contributed by atoms with E-state index in [9.17, 15) is 8.78 Å². The molecule has 0 atom stereocenters. The second-order valence-electron chi connectivity index (χ2n) is 3.79. The zero-order valence-electron chi connectivity index (χ0n) is 10.8. The molecule has 0 aliphatic heterocycles. The summed E-state index contributed by atoms with van der Waals surface area (Å²) in [7, 11) is 0. The van der Waals surface area contributed by atoms with Crippen molar-refractivity contribution >= 4 is 27.3 Å². The minimum Gasteiger partial charge on any atom is -0.399 e. The summed E-state index contributed by atoms with van der Waals surface area (Å²) in [5.74, 6) is 4.60. The normalized spacial score (nSPS) is 9.00. The van der Waals surface area contributed by atoms with E-state index in [4.69, 9.17) is 11.5 Å². The highest BCUT2D eigenvalue weighted by Crippen LogP contribution is 2.17. The average molecular weight is 339 g/mol. The van der Waals surface area contributed by atoms with Gasteiger partial charge in [-0.25, -0.2) is 8.78 Å². The maximum absolute atomic E-state index is 12.8. The van der Waals surface area contributed by atoms with E-state index in [1.54, 1.807) is 6.92 Å². The van der Waals surface area contributed by atoms with E-state index >= 15 is 0 Å². The van der Waals surface area contributed by atoms with Crippen LogP contribution in [-0.4, -0.2) is 0 Å². The number of rotatable bonds is 0. The zero-order valence-corrected chi connectivity index (χ0v) is 12.3. The van der Waals surface area contributed by atoms with Crippen LogP contribution in [0.1, 0.15) is 12.5 Å². The van der Waals surface area contributed by atoms with Gasteiger partial charge in [-0.1, -0.05) is 5.92 Å². The lowest BCUT2D eigenvalue weighted by Crippen LogP contribution is -1.88. The number of anilines is 2. The predicted molar refractivity (Wildman–Crippen MR) is 81.9 cm³/mol. The van der Waals surface area contributed by atoms with Crippen molar-refractivity contribution in [2.24, 2.45) is 0 Å². The molecular weight excluding hydrogens is 326 g/mol. The van der Waals surface area contributed by atoms with E-state index in [-0.39, 0.29) is 11.6 Å². The summed E-state index contributed by atoms with van der Waals surface area (Å²) < 4.78 is 25.6. The number of benzene rings is 2. The Morgan fingerprint density at radius 2 is 1.50 bits per heavy atom. The van der Waals surface area contributed by atoms with Crippen molar-refractivity contribution in [2.45, 2.75) is 6.92 Å². The Labute approximate surface area is 124 Å². The fraction of sp³-hybridized carbons (Fsp3) is 0.0667. The molecule has 0 aliphatic rings. The molecule has 0 fully saturated rings. The molecule has 2 nitrogen and oxygen atoms in total. The van der Waals surface area contributed by atoms with Crippen LogP contribution in [0.2, 0.25) is 0 Å². The van der Waals surface area contributed by atoms with Gasteiger partial charge in [-0.05, 0) is 59.3 Å². The minimum atomic E-state index is -0.325. The molecule has 0 aliphatic carbocycles. The molecule has 2 aromatic rings. The third kappa shape index (κ3) is 4.90. The van der Waals surface area contributed by atoms with Crippen molar-refractivity contribution in [2.75, 3.05) is 11.5 Å². The second-order valence-corrected chi connectivity index (χ2v) is 4.64. The fourth-order valence-corrected chi connectivity index (χ4v) is 1.68. The van der Waals surface area contributed by atoms with Gasteiger partial charge in [0.2, 0.25) is 0 Å². The van der Waals surface area contributed by atoms with E-state index in [1.165, 1.54) is 36.4 Å². The number of nitrogens with two attached hydrogens (primary N) is 2. The van der Waals surface area contributed by atoms with E-state index in [2.05, 4.69) is 27.8 Å². The number of hydrogen-bond donors (Lipinski definition) is 2. The van der Waals surface area contributed by atoms with Gasteiger partial charge < -0.3 is 11.5 Å². The van der Waals surface area contributed by atoms with Gasteiger partial charge in [0.15, 0.2) is 0 Å². The topological polar surface area (TPSA) is 52.0 Å².